The van der Waals surface area contributed by atoms with E-state index in [0.717, 1.165) is 42.5 Å². The molecule has 0 aromatic heterocycles. The molecule has 0 saturated carbocycles. The SMILES string of the molecule is N[C@@H]1CCN(c2c(Cl)cccc2/C=C2\SC(=O)NC2=O)C1. The van der Waals surface area contributed by atoms with E-state index in [1.54, 1.807) is 6.08 Å². The normalized spacial score (nSPS) is 24.0. The van der Waals surface area contributed by atoms with E-state index in [0.29, 0.717) is 9.93 Å². The molecule has 0 unspecified atom stereocenters. The molecule has 3 rings (SSSR count). The summed E-state index contributed by atoms with van der Waals surface area (Å²) < 4.78 is 0. The molecule has 2 heterocycles. The Morgan fingerprint density at radius 2 is 2.24 bits per heavy atom. The predicted octanol–water partition coefficient (Wildman–Crippen LogP) is 2.20. The molecular formula is C14H14ClN3O2S. The van der Waals surface area contributed by atoms with Crippen molar-refractivity contribution in [3.63, 3.8) is 0 Å². The van der Waals surface area contributed by atoms with Crippen molar-refractivity contribution in [2.45, 2.75) is 12.5 Å². The summed E-state index contributed by atoms with van der Waals surface area (Å²) in [6.07, 6.45) is 2.62. The number of amides is 2. The van der Waals surface area contributed by atoms with Gasteiger partial charge in [-0.1, -0.05) is 23.7 Å². The first-order chi connectivity index (χ1) is 10.0. The van der Waals surface area contributed by atoms with Crippen molar-refractivity contribution in [1.82, 2.24) is 5.32 Å². The second kappa shape index (κ2) is 5.71. The van der Waals surface area contributed by atoms with Gasteiger partial charge in [-0.3, -0.25) is 14.9 Å². The molecule has 5 nitrogen and oxygen atoms in total. The minimum absolute atomic E-state index is 0.132. The molecular weight excluding hydrogens is 310 g/mol. The lowest BCUT2D eigenvalue weighted by atomic mass is 10.1. The maximum Gasteiger partial charge on any atom is 0.290 e. The third-order valence-electron chi connectivity index (χ3n) is 3.49. The van der Waals surface area contributed by atoms with Gasteiger partial charge in [-0.05, 0) is 30.3 Å². The number of para-hydroxylation sites is 1. The molecule has 21 heavy (non-hydrogen) atoms. The molecule has 2 amide bonds. The van der Waals surface area contributed by atoms with Gasteiger partial charge in [-0.2, -0.15) is 0 Å². The van der Waals surface area contributed by atoms with E-state index in [2.05, 4.69) is 10.2 Å². The topological polar surface area (TPSA) is 75.4 Å². The molecule has 1 aromatic rings. The van der Waals surface area contributed by atoms with Gasteiger partial charge < -0.3 is 10.6 Å². The van der Waals surface area contributed by atoms with E-state index in [9.17, 15) is 9.59 Å². The average Bonchev–Trinajstić information content (AvgIpc) is 2.96. The first kappa shape index (κ1) is 14.4. The van der Waals surface area contributed by atoms with Gasteiger partial charge in [0, 0.05) is 24.7 Å². The predicted molar refractivity (Wildman–Crippen MR) is 85.4 cm³/mol. The molecule has 110 valence electrons. The largest absolute Gasteiger partial charge is 0.368 e. The minimum Gasteiger partial charge on any atom is -0.368 e. The maximum absolute atomic E-state index is 11.7. The first-order valence-electron chi connectivity index (χ1n) is 6.58. The van der Waals surface area contributed by atoms with Crippen LogP contribution >= 0.6 is 23.4 Å². The van der Waals surface area contributed by atoms with Crippen molar-refractivity contribution in [1.29, 1.82) is 0 Å². The molecule has 7 heteroatoms. The molecule has 1 aromatic carbocycles. The number of nitrogens with two attached hydrogens (primary N) is 1. The highest BCUT2D eigenvalue weighted by atomic mass is 35.5. The quantitative estimate of drug-likeness (QED) is 0.816. The number of anilines is 1. The van der Waals surface area contributed by atoms with Crippen LogP contribution in [0.15, 0.2) is 23.1 Å². The van der Waals surface area contributed by atoms with Crippen molar-refractivity contribution in [3.8, 4) is 0 Å². The standard InChI is InChI=1S/C14H14ClN3O2S/c15-10-3-1-2-8(6-11-13(19)17-14(20)21-11)12(10)18-5-4-9(16)7-18/h1-3,6,9H,4-5,7,16H2,(H,17,19,20)/b11-6-/t9-/m1/s1. The second-order valence-electron chi connectivity index (χ2n) is 5.02. The molecule has 0 radical (unpaired) electrons. The second-order valence-corrected chi connectivity index (χ2v) is 6.45. The van der Waals surface area contributed by atoms with Crippen molar-refractivity contribution in [3.05, 3.63) is 33.7 Å². The number of hydrogen-bond donors (Lipinski definition) is 2. The number of hydrogen-bond acceptors (Lipinski definition) is 5. The van der Waals surface area contributed by atoms with Crippen LogP contribution in [0.4, 0.5) is 10.5 Å². The summed E-state index contributed by atoms with van der Waals surface area (Å²) in [6.45, 7) is 1.57. The highest BCUT2D eigenvalue weighted by Gasteiger charge is 2.27. The van der Waals surface area contributed by atoms with Gasteiger partial charge in [0.2, 0.25) is 0 Å². The van der Waals surface area contributed by atoms with Gasteiger partial charge >= 0.3 is 0 Å². The van der Waals surface area contributed by atoms with Crippen molar-refractivity contribution >= 4 is 46.3 Å². The molecule has 2 aliphatic heterocycles. The van der Waals surface area contributed by atoms with E-state index < -0.39 is 0 Å². The van der Waals surface area contributed by atoms with E-state index in [1.165, 1.54) is 0 Å². The monoisotopic (exact) mass is 323 g/mol. The summed E-state index contributed by atoms with van der Waals surface area (Å²) >= 11 is 7.22. The lowest BCUT2D eigenvalue weighted by Gasteiger charge is -2.22. The van der Waals surface area contributed by atoms with Crippen LogP contribution in [0.5, 0.6) is 0 Å². The number of rotatable bonds is 2. The van der Waals surface area contributed by atoms with Crippen LogP contribution in [-0.2, 0) is 4.79 Å². The smallest absolute Gasteiger partial charge is 0.290 e. The van der Waals surface area contributed by atoms with Gasteiger partial charge in [-0.15, -0.1) is 0 Å². The molecule has 2 aliphatic rings. The summed E-state index contributed by atoms with van der Waals surface area (Å²) in [4.78, 5) is 25.4. The van der Waals surface area contributed by atoms with Crippen molar-refractivity contribution in [2.24, 2.45) is 5.73 Å². The summed E-state index contributed by atoms with van der Waals surface area (Å²) in [5.74, 6) is -0.367. The fourth-order valence-electron chi connectivity index (χ4n) is 2.53. The number of thioether (sulfide) groups is 1. The Bertz CT molecular complexity index is 647. The zero-order chi connectivity index (χ0) is 15.0. The molecule has 2 fully saturated rings. The number of nitrogens with zero attached hydrogens (tertiary/aromatic N) is 1. The summed E-state index contributed by atoms with van der Waals surface area (Å²) in [7, 11) is 0. The van der Waals surface area contributed by atoms with Gasteiger partial charge in [0.05, 0.1) is 15.6 Å². The fraction of sp³-hybridized carbons (Fsp3) is 0.286. The van der Waals surface area contributed by atoms with Crippen LogP contribution in [0, 0.1) is 0 Å². The van der Waals surface area contributed by atoms with Crippen LogP contribution in [-0.4, -0.2) is 30.3 Å². The Kier molecular flexibility index (Phi) is 3.93. The summed E-state index contributed by atoms with van der Waals surface area (Å²) in [5.41, 5.74) is 7.64. The third-order valence-corrected chi connectivity index (χ3v) is 4.60. The first-order valence-corrected chi connectivity index (χ1v) is 7.78. The van der Waals surface area contributed by atoms with E-state index >= 15 is 0 Å². The Balaban J connectivity index is 1.99. The van der Waals surface area contributed by atoms with Crippen LogP contribution in [0.3, 0.4) is 0 Å². The Morgan fingerprint density at radius 1 is 1.43 bits per heavy atom. The number of nitrogens with one attached hydrogen (secondary N) is 1. The number of imide groups is 1. The zero-order valence-electron chi connectivity index (χ0n) is 11.1. The van der Waals surface area contributed by atoms with E-state index in [1.807, 2.05) is 18.2 Å². The zero-order valence-corrected chi connectivity index (χ0v) is 12.7. The van der Waals surface area contributed by atoms with E-state index in [4.69, 9.17) is 17.3 Å². The molecule has 1 atom stereocenters. The highest BCUT2D eigenvalue weighted by Crippen LogP contribution is 2.35. The summed E-state index contributed by atoms with van der Waals surface area (Å²) in [6, 6.07) is 5.66. The molecule has 0 bridgehead atoms. The Labute approximate surface area is 131 Å². The van der Waals surface area contributed by atoms with Crippen molar-refractivity contribution < 1.29 is 9.59 Å². The lowest BCUT2D eigenvalue weighted by molar-refractivity contribution is -0.115. The maximum atomic E-state index is 11.7. The van der Waals surface area contributed by atoms with Gasteiger partial charge in [0.15, 0.2) is 0 Å². The van der Waals surface area contributed by atoms with Gasteiger partial charge in [0.1, 0.15) is 0 Å². The lowest BCUT2D eigenvalue weighted by Crippen LogP contribution is -2.27. The van der Waals surface area contributed by atoms with Crippen LogP contribution in [0.2, 0.25) is 5.02 Å². The number of carbonyl (C=O) groups excluding carboxylic acids is 2. The molecule has 0 spiro atoms. The van der Waals surface area contributed by atoms with Crippen LogP contribution in [0.1, 0.15) is 12.0 Å². The molecule has 3 N–H and O–H groups in total. The number of benzene rings is 1. The van der Waals surface area contributed by atoms with Crippen molar-refractivity contribution in [2.75, 3.05) is 18.0 Å². The number of carbonyl (C=O) groups is 2. The highest BCUT2D eigenvalue weighted by molar-refractivity contribution is 8.18. The van der Waals surface area contributed by atoms with Gasteiger partial charge in [0.25, 0.3) is 11.1 Å². The third kappa shape index (κ3) is 2.92. The van der Waals surface area contributed by atoms with Crippen LogP contribution in [0.25, 0.3) is 6.08 Å². The molecule has 0 aliphatic carbocycles. The average molecular weight is 324 g/mol. The van der Waals surface area contributed by atoms with Crippen LogP contribution < -0.4 is 16.0 Å². The Hall–Kier alpha value is -1.50. The Morgan fingerprint density at radius 3 is 2.86 bits per heavy atom. The molecule has 2 saturated heterocycles. The summed E-state index contributed by atoms with van der Waals surface area (Å²) in [5, 5.41) is 2.52. The number of halogens is 1. The van der Waals surface area contributed by atoms with Gasteiger partial charge in [-0.25, -0.2) is 0 Å². The fourth-order valence-corrected chi connectivity index (χ4v) is 3.51. The minimum atomic E-state index is -0.367. The van der Waals surface area contributed by atoms with E-state index in [-0.39, 0.29) is 17.2 Å².